The Labute approximate surface area is 154 Å². The van der Waals surface area contributed by atoms with Gasteiger partial charge in [0.2, 0.25) is 0 Å². The normalized spacial score (nSPS) is 15.2. The van der Waals surface area contributed by atoms with E-state index in [4.69, 9.17) is 5.11 Å². The molecule has 2 heterocycles. The van der Waals surface area contributed by atoms with Crippen LogP contribution in [0.25, 0.3) is 5.82 Å². The summed E-state index contributed by atoms with van der Waals surface area (Å²) >= 11 is 0. The smallest absolute Gasteiger partial charge is 0.303 e. The molecule has 3 rings (SSSR count). The summed E-state index contributed by atoms with van der Waals surface area (Å²) in [5, 5.41) is 22.2. The van der Waals surface area contributed by atoms with Crippen molar-refractivity contribution in [3.05, 3.63) is 29.1 Å². The summed E-state index contributed by atoms with van der Waals surface area (Å²) in [7, 11) is 2.09. The molecule has 2 aromatic heterocycles. The number of hydrogen-bond donors (Lipinski definition) is 1. The summed E-state index contributed by atoms with van der Waals surface area (Å²) in [5.41, 5.74) is 2.73. The van der Waals surface area contributed by atoms with Gasteiger partial charge in [-0.3, -0.25) is 4.79 Å². The van der Waals surface area contributed by atoms with E-state index in [1.165, 1.54) is 32.1 Å². The number of aryl methyl sites for hydroxylation is 1. The quantitative estimate of drug-likeness (QED) is 0.855. The third-order valence-electron chi connectivity index (χ3n) is 5.37. The number of anilines is 1. The van der Waals surface area contributed by atoms with E-state index in [0.29, 0.717) is 18.3 Å². The van der Waals surface area contributed by atoms with Crippen LogP contribution in [0.15, 0.2) is 12.1 Å². The number of carboxylic acids is 1. The Morgan fingerprint density at radius 2 is 1.96 bits per heavy atom. The molecule has 0 radical (unpaired) electrons. The highest BCUT2D eigenvalue weighted by molar-refractivity contribution is 5.67. The largest absolute Gasteiger partial charge is 0.481 e. The molecule has 0 bridgehead atoms. The van der Waals surface area contributed by atoms with Gasteiger partial charge in [-0.1, -0.05) is 19.3 Å². The second-order valence-electron chi connectivity index (χ2n) is 7.11. The number of aromatic nitrogens is 4. The molecule has 1 aliphatic carbocycles. The van der Waals surface area contributed by atoms with E-state index in [1.54, 1.807) is 4.68 Å². The fraction of sp³-hybridized carbons (Fsp3) is 0.579. The maximum atomic E-state index is 10.8. The molecule has 0 amide bonds. The van der Waals surface area contributed by atoms with Gasteiger partial charge in [0.15, 0.2) is 11.6 Å². The third kappa shape index (κ3) is 3.86. The van der Waals surface area contributed by atoms with Gasteiger partial charge in [-0.2, -0.15) is 5.10 Å². The molecule has 1 saturated carbocycles. The van der Waals surface area contributed by atoms with Gasteiger partial charge in [0.05, 0.1) is 5.69 Å². The first-order valence-electron chi connectivity index (χ1n) is 9.31. The first-order chi connectivity index (χ1) is 12.5. The predicted molar refractivity (Wildman–Crippen MR) is 99.9 cm³/mol. The van der Waals surface area contributed by atoms with Crippen molar-refractivity contribution in [3.63, 3.8) is 0 Å². The van der Waals surface area contributed by atoms with Crippen LogP contribution >= 0.6 is 0 Å². The average molecular weight is 357 g/mol. The van der Waals surface area contributed by atoms with Crippen molar-refractivity contribution >= 4 is 11.8 Å². The Kier molecular flexibility index (Phi) is 5.54. The van der Waals surface area contributed by atoms with Crippen LogP contribution in [-0.4, -0.2) is 44.1 Å². The molecule has 0 aliphatic heterocycles. The number of hydrogen-bond acceptors (Lipinski definition) is 5. The van der Waals surface area contributed by atoms with E-state index in [0.717, 1.165) is 22.8 Å². The second-order valence-corrected chi connectivity index (χ2v) is 7.11. The Morgan fingerprint density at radius 1 is 1.23 bits per heavy atom. The predicted octanol–water partition coefficient (Wildman–Crippen LogP) is 3.07. The highest BCUT2D eigenvalue weighted by Gasteiger charge is 2.20. The molecular weight excluding hydrogens is 330 g/mol. The van der Waals surface area contributed by atoms with E-state index in [9.17, 15) is 4.79 Å². The Balaban J connectivity index is 1.78. The van der Waals surface area contributed by atoms with Crippen molar-refractivity contribution in [2.45, 2.75) is 64.8 Å². The lowest BCUT2D eigenvalue weighted by atomic mass is 9.94. The van der Waals surface area contributed by atoms with Crippen molar-refractivity contribution in [1.29, 1.82) is 0 Å². The lowest BCUT2D eigenvalue weighted by Gasteiger charge is -2.31. The molecule has 7 heteroatoms. The van der Waals surface area contributed by atoms with Crippen LogP contribution in [0.1, 0.15) is 55.5 Å². The van der Waals surface area contributed by atoms with Gasteiger partial charge in [-0.15, -0.1) is 10.2 Å². The van der Waals surface area contributed by atoms with Crippen LogP contribution in [0.4, 0.5) is 5.82 Å². The molecule has 0 spiro atoms. The summed E-state index contributed by atoms with van der Waals surface area (Å²) in [5.74, 6) is 0.743. The van der Waals surface area contributed by atoms with Gasteiger partial charge in [0.1, 0.15) is 0 Å². The SMILES string of the molecule is Cc1nn(-c2ccc(N(C)C3CCCCC3)nn2)c(C)c1CCC(=O)O. The van der Waals surface area contributed by atoms with Gasteiger partial charge in [-0.25, -0.2) is 4.68 Å². The van der Waals surface area contributed by atoms with E-state index in [-0.39, 0.29) is 6.42 Å². The van der Waals surface area contributed by atoms with E-state index in [2.05, 4.69) is 27.2 Å². The fourth-order valence-electron chi connectivity index (χ4n) is 3.77. The maximum absolute atomic E-state index is 10.8. The van der Waals surface area contributed by atoms with Gasteiger partial charge in [0.25, 0.3) is 0 Å². The number of aliphatic carboxylic acids is 1. The molecule has 1 fully saturated rings. The topological polar surface area (TPSA) is 84.1 Å². The minimum absolute atomic E-state index is 0.101. The summed E-state index contributed by atoms with van der Waals surface area (Å²) in [6.07, 6.45) is 6.90. The summed E-state index contributed by atoms with van der Waals surface area (Å²) < 4.78 is 1.75. The van der Waals surface area contributed by atoms with Crippen molar-refractivity contribution < 1.29 is 9.90 Å². The number of nitrogens with zero attached hydrogens (tertiary/aromatic N) is 5. The monoisotopic (exact) mass is 357 g/mol. The highest BCUT2D eigenvalue weighted by Crippen LogP contribution is 2.25. The van der Waals surface area contributed by atoms with E-state index >= 15 is 0 Å². The molecule has 0 atom stereocenters. The van der Waals surface area contributed by atoms with Crippen molar-refractivity contribution in [2.75, 3.05) is 11.9 Å². The summed E-state index contributed by atoms with van der Waals surface area (Å²) in [6.45, 7) is 3.85. The number of carboxylic acid groups (broad SMARTS) is 1. The zero-order valence-corrected chi connectivity index (χ0v) is 15.8. The van der Waals surface area contributed by atoms with Crippen molar-refractivity contribution in [3.8, 4) is 5.82 Å². The molecule has 140 valence electrons. The number of rotatable bonds is 6. The first kappa shape index (κ1) is 18.4. The fourth-order valence-corrected chi connectivity index (χ4v) is 3.77. The zero-order valence-electron chi connectivity index (χ0n) is 15.8. The molecule has 0 aromatic carbocycles. The molecule has 1 aliphatic rings. The highest BCUT2D eigenvalue weighted by atomic mass is 16.4. The third-order valence-corrected chi connectivity index (χ3v) is 5.37. The maximum Gasteiger partial charge on any atom is 0.303 e. The molecule has 1 N–H and O–H groups in total. The van der Waals surface area contributed by atoms with Crippen LogP contribution in [0.2, 0.25) is 0 Å². The standard InChI is InChI=1S/C19H27N5O2/c1-13-16(9-12-19(25)26)14(2)24(22-13)18-11-10-17(20-21-18)23(3)15-7-5-4-6-8-15/h10-11,15H,4-9,12H2,1-3H3,(H,25,26). The molecule has 26 heavy (non-hydrogen) atoms. The van der Waals surface area contributed by atoms with Crippen LogP contribution in [0.3, 0.4) is 0 Å². The van der Waals surface area contributed by atoms with Gasteiger partial charge in [0, 0.05) is 25.2 Å². The molecule has 0 unspecified atom stereocenters. The minimum atomic E-state index is -0.800. The molecular formula is C19H27N5O2. The Morgan fingerprint density at radius 3 is 2.58 bits per heavy atom. The van der Waals surface area contributed by atoms with Crippen LogP contribution < -0.4 is 4.90 Å². The molecule has 2 aromatic rings. The lowest BCUT2D eigenvalue weighted by Crippen LogP contribution is -2.34. The molecule has 7 nitrogen and oxygen atoms in total. The Hall–Kier alpha value is -2.44. The number of carbonyl (C=O) groups is 1. The summed E-state index contributed by atoms with van der Waals surface area (Å²) in [6, 6.07) is 4.46. The van der Waals surface area contributed by atoms with E-state index < -0.39 is 5.97 Å². The minimum Gasteiger partial charge on any atom is -0.481 e. The average Bonchev–Trinajstić information content (AvgIpc) is 2.94. The lowest BCUT2D eigenvalue weighted by molar-refractivity contribution is -0.136. The molecule has 0 saturated heterocycles. The van der Waals surface area contributed by atoms with Crippen molar-refractivity contribution in [2.24, 2.45) is 0 Å². The van der Waals surface area contributed by atoms with Crippen LogP contribution in [-0.2, 0) is 11.2 Å². The van der Waals surface area contributed by atoms with Gasteiger partial charge < -0.3 is 10.0 Å². The van der Waals surface area contributed by atoms with Gasteiger partial charge in [-0.05, 0) is 50.8 Å². The summed E-state index contributed by atoms with van der Waals surface area (Å²) in [4.78, 5) is 13.1. The van der Waals surface area contributed by atoms with E-state index in [1.807, 2.05) is 26.0 Å². The second kappa shape index (κ2) is 7.85. The van der Waals surface area contributed by atoms with Gasteiger partial charge >= 0.3 is 5.97 Å². The Bertz CT molecular complexity index is 763. The first-order valence-corrected chi connectivity index (χ1v) is 9.31. The van der Waals surface area contributed by atoms with Crippen LogP contribution in [0.5, 0.6) is 0 Å². The zero-order chi connectivity index (χ0) is 18.7. The van der Waals surface area contributed by atoms with Crippen molar-refractivity contribution in [1.82, 2.24) is 20.0 Å². The van der Waals surface area contributed by atoms with Crippen LogP contribution in [0, 0.1) is 13.8 Å².